The van der Waals surface area contributed by atoms with E-state index in [1.807, 2.05) is 0 Å². The molecule has 3 nitrogen and oxygen atoms in total. The van der Waals surface area contributed by atoms with Gasteiger partial charge in [-0.1, -0.05) is 24.6 Å². The van der Waals surface area contributed by atoms with Gasteiger partial charge in [-0.25, -0.2) is 4.39 Å². The van der Waals surface area contributed by atoms with Crippen molar-refractivity contribution < 1.29 is 9.18 Å². The Hall–Kier alpha value is -1.13. The molecule has 1 aromatic rings. The molecule has 3 N–H and O–H groups in total. The molecule has 0 radical (unpaired) electrons. The molecule has 0 aliphatic rings. The van der Waals surface area contributed by atoms with Crippen molar-refractivity contribution in [1.82, 2.24) is 0 Å². The highest BCUT2D eigenvalue weighted by Gasteiger charge is 2.15. The number of rotatable bonds is 5. The number of hydrogen-bond donors (Lipinski definition) is 2. The predicted octanol–water partition coefficient (Wildman–Crippen LogP) is 2.79. The van der Waals surface area contributed by atoms with E-state index in [9.17, 15) is 9.18 Å². The molecule has 0 heterocycles. The van der Waals surface area contributed by atoms with E-state index in [0.29, 0.717) is 13.0 Å². The SMILES string of the molecule is CC(CCCN)C(=O)Nc1cccc(Cl)c1F. The summed E-state index contributed by atoms with van der Waals surface area (Å²) in [5.74, 6) is -1.02. The van der Waals surface area contributed by atoms with Gasteiger partial charge in [-0.05, 0) is 31.5 Å². The maximum atomic E-state index is 13.5. The van der Waals surface area contributed by atoms with E-state index in [0.717, 1.165) is 6.42 Å². The number of halogens is 2. The molecule has 1 atom stereocenters. The molecule has 0 aliphatic heterocycles. The Kier molecular flexibility index (Phi) is 5.38. The minimum absolute atomic E-state index is 0.00240. The molecule has 0 aromatic heterocycles. The number of anilines is 1. The fourth-order valence-corrected chi connectivity index (χ4v) is 1.59. The molecule has 0 saturated heterocycles. The molecular weight excluding hydrogens is 243 g/mol. The highest BCUT2D eigenvalue weighted by atomic mass is 35.5. The number of nitrogens with one attached hydrogen (secondary N) is 1. The average molecular weight is 259 g/mol. The molecule has 1 amide bonds. The summed E-state index contributed by atoms with van der Waals surface area (Å²) in [6, 6.07) is 4.50. The molecule has 1 rings (SSSR count). The zero-order valence-corrected chi connectivity index (χ0v) is 10.4. The Morgan fingerprint density at radius 3 is 2.94 bits per heavy atom. The van der Waals surface area contributed by atoms with E-state index < -0.39 is 5.82 Å². The molecule has 1 unspecified atom stereocenters. The first-order chi connectivity index (χ1) is 8.06. The van der Waals surface area contributed by atoms with Crippen molar-refractivity contribution >= 4 is 23.2 Å². The fourth-order valence-electron chi connectivity index (χ4n) is 1.41. The van der Waals surface area contributed by atoms with E-state index in [1.54, 1.807) is 13.0 Å². The number of carbonyl (C=O) groups excluding carboxylic acids is 1. The quantitative estimate of drug-likeness (QED) is 0.853. The van der Waals surface area contributed by atoms with Crippen molar-refractivity contribution in [3.63, 3.8) is 0 Å². The smallest absolute Gasteiger partial charge is 0.227 e. The molecular formula is C12H16ClFN2O. The minimum Gasteiger partial charge on any atom is -0.330 e. The average Bonchev–Trinajstić information content (AvgIpc) is 2.31. The van der Waals surface area contributed by atoms with Gasteiger partial charge < -0.3 is 11.1 Å². The maximum Gasteiger partial charge on any atom is 0.227 e. The van der Waals surface area contributed by atoms with Crippen molar-refractivity contribution in [2.24, 2.45) is 11.7 Å². The van der Waals surface area contributed by atoms with Gasteiger partial charge in [-0.15, -0.1) is 0 Å². The molecule has 5 heteroatoms. The van der Waals surface area contributed by atoms with E-state index in [1.165, 1.54) is 12.1 Å². The zero-order chi connectivity index (χ0) is 12.8. The fraction of sp³-hybridized carbons (Fsp3) is 0.417. The van der Waals surface area contributed by atoms with Gasteiger partial charge in [0.1, 0.15) is 0 Å². The lowest BCUT2D eigenvalue weighted by Crippen LogP contribution is -2.21. The van der Waals surface area contributed by atoms with Crippen LogP contribution < -0.4 is 11.1 Å². The van der Waals surface area contributed by atoms with Gasteiger partial charge >= 0.3 is 0 Å². The number of amides is 1. The van der Waals surface area contributed by atoms with E-state index in [-0.39, 0.29) is 22.5 Å². The van der Waals surface area contributed by atoms with E-state index >= 15 is 0 Å². The van der Waals surface area contributed by atoms with Gasteiger partial charge in [0, 0.05) is 5.92 Å². The van der Waals surface area contributed by atoms with Crippen molar-refractivity contribution in [1.29, 1.82) is 0 Å². The van der Waals surface area contributed by atoms with Crippen LogP contribution in [-0.2, 0) is 4.79 Å². The first-order valence-corrected chi connectivity index (χ1v) is 5.89. The third-order valence-electron chi connectivity index (χ3n) is 2.50. The minimum atomic E-state index is -0.603. The normalized spacial score (nSPS) is 12.2. The Labute approximate surface area is 105 Å². The van der Waals surface area contributed by atoms with Gasteiger partial charge in [-0.3, -0.25) is 4.79 Å². The van der Waals surface area contributed by atoms with Crippen LogP contribution in [0.1, 0.15) is 19.8 Å². The number of benzene rings is 1. The van der Waals surface area contributed by atoms with Crippen molar-refractivity contribution in [2.75, 3.05) is 11.9 Å². The third kappa shape index (κ3) is 3.98. The first-order valence-electron chi connectivity index (χ1n) is 5.51. The summed E-state index contributed by atoms with van der Waals surface area (Å²) in [6.07, 6.45) is 1.46. The summed E-state index contributed by atoms with van der Waals surface area (Å²) in [7, 11) is 0. The standard InChI is InChI=1S/C12H16ClFN2O/c1-8(4-3-7-15)12(17)16-10-6-2-5-9(13)11(10)14/h2,5-6,8H,3-4,7,15H2,1H3,(H,16,17). The second kappa shape index (κ2) is 6.57. The first kappa shape index (κ1) is 13.9. The predicted molar refractivity (Wildman–Crippen MR) is 67.5 cm³/mol. The van der Waals surface area contributed by atoms with Crippen LogP contribution in [-0.4, -0.2) is 12.5 Å². The molecule has 0 spiro atoms. The van der Waals surface area contributed by atoms with Crippen LogP contribution in [0.2, 0.25) is 5.02 Å². The van der Waals surface area contributed by atoms with Crippen LogP contribution in [0.15, 0.2) is 18.2 Å². The second-order valence-electron chi connectivity index (χ2n) is 3.92. The van der Waals surface area contributed by atoms with Crippen molar-refractivity contribution in [3.05, 3.63) is 29.0 Å². The molecule has 0 bridgehead atoms. The summed E-state index contributed by atoms with van der Waals surface area (Å²) in [5, 5.41) is 2.52. The third-order valence-corrected chi connectivity index (χ3v) is 2.79. The lowest BCUT2D eigenvalue weighted by molar-refractivity contribution is -0.119. The maximum absolute atomic E-state index is 13.5. The summed E-state index contributed by atoms with van der Waals surface area (Å²) in [6.45, 7) is 2.33. The molecule has 0 saturated carbocycles. The van der Waals surface area contributed by atoms with E-state index in [4.69, 9.17) is 17.3 Å². The Balaban J connectivity index is 2.64. The van der Waals surface area contributed by atoms with Crippen molar-refractivity contribution in [3.8, 4) is 0 Å². The van der Waals surface area contributed by atoms with Gasteiger partial charge in [0.15, 0.2) is 5.82 Å². The summed E-state index contributed by atoms with van der Waals surface area (Å²) < 4.78 is 13.5. The van der Waals surface area contributed by atoms with Gasteiger partial charge in [-0.2, -0.15) is 0 Å². The Morgan fingerprint density at radius 2 is 2.29 bits per heavy atom. The number of hydrogen-bond acceptors (Lipinski definition) is 2. The summed E-state index contributed by atoms with van der Waals surface area (Å²) in [4.78, 5) is 11.7. The molecule has 17 heavy (non-hydrogen) atoms. The van der Waals surface area contributed by atoms with Gasteiger partial charge in [0.2, 0.25) is 5.91 Å². The highest BCUT2D eigenvalue weighted by molar-refractivity contribution is 6.31. The molecule has 94 valence electrons. The second-order valence-corrected chi connectivity index (χ2v) is 4.33. The Bertz CT molecular complexity index is 398. The van der Waals surface area contributed by atoms with Gasteiger partial charge in [0.25, 0.3) is 0 Å². The van der Waals surface area contributed by atoms with E-state index in [2.05, 4.69) is 5.32 Å². The zero-order valence-electron chi connectivity index (χ0n) is 9.67. The molecule has 1 aromatic carbocycles. The van der Waals surface area contributed by atoms with Crippen LogP contribution in [0.25, 0.3) is 0 Å². The summed E-state index contributed by atoms with van der Waals surface area (Å²) >= 11 is 5.62. The summed E-state index contributed by atoms with van der Waals surface area (Å²) in [5.41, 5.74) is 5.48. The van der Waals surface area contributed by atoms with Crippen molar-refractivity contribution in [2.45, 2.75) is 19.8 Å². The largest absolute Gasteiger partial charge is 0.330 e. The number of nitrogens with two attached hydrogens (primary N) is 1. The lowest BCUT2D eigenvalue weighted by Gasteiger charge is -2.12. The van der Waals surface area contributed by atoms with Gasteiger partial charge in [0.05, 0.1) is 10.7 Å². The van der Waals surface area contributed by atoms with Crippen LogP contribution in [0.4, 0.5) is 10.1 Å². The molecule has 0 aliphatic carbocycles. The van der Waals surface area contributed by atoms with Crippen LogP contribution in [0, 0.1) is 11.7 Å². The number of carbonyl (C=O) groups is 1. The van der Waals surface area contributed by atoms with Crippen LogP contribution >= 0.6 is 11.6 Å². The molecule has 0 fully saturated rings. The van der Waals surface area contributed by atoms with Crippen LogP contribution in [0.5, 0.6) is 0 Å². The topological polar surface area (TPSA) is 55.1 Å². The lowest BCUT2D eigenvalue weighted by atomic mass is 10.0. The highest BCUT2D eigenvalue weighted by Crippen LogP contribution is 2.22. The monoisotopic (exact) mass is 258 g/mol. The Morgan fingerprint density at radius 1 is 1.59 bits per heavy atom. The van der Waals surface area contributed by atoms with Crippen LogP contribution in [0.3, 0.4) is 0 Å².